The van der Waals surface area contributed by atoms with Crippen molar-refractivity contribution in [2.24, 2.45) is 0 Å². The molecular weight excluding hydrogens is 98.1 g/mol. The lowest BCUT2D eigenvalue weighted by atomic mass is 10.0. The highest BCUT2D eigenvalue weighted by Gasteiger charge is 2.26. The lowest BCUT2D eigenvalue weighted by Gasteiger charge is -2.17. The fourth-order valence-electron chi connectivity index (χ4n) is 1.39. The van der Waals surface area contributed by atoms with Gasteiger partial charge < -0.3 is 5.32 Å². The van der Waals surface area contributed by atoms with Gasteiger partial charge in [0.1, 0.15) is 0 Å². The predicted octanol–water partition coefficient (Wildman–Crippen LogP) is 1.54. The highest BCUT2D eigenvalue weighted by atomic mass is 15.0. The monoisotopic (exact) mass is 113 g/mol. The third-order valence-electron chi connectivity index (χ3n) is 1.84. The van der Waals surface area contributed by atoms with E-state index in [0.29, 0.717) is 5.54 Å². The van der Waals surface area contributed by atoms with Crippen molar-refractivity contribution in [1.82, 2.24) is 5.32 Å². The van der Waals surface area contributed by atoms with Crippen LogP contribution in [0.25, 0.3) is 0 Å². The Morgan fingerprint density at radius 2 is 2.12 bits per heavy atom. The molecule has 8 heavy (non-hydrogen) atoms. The van der Waals surface area contributed by atoms with Crippen molar-refractivity contribution in [3.05, 3.63) is 0 Å². The van der Waals surface area contributed by atoms with Gasteiger partial charge in [0.2, 0.25) is 0 Å². The average molecular weight is 113 g/mol. The van der Waals surface area contributed by atoms with Gasteiger partial charge in [-0.25, -0.2) is 0 Å². The van der Waals surface area contributed by atoms with Gasteiger partial charge in [-0.15, -0.1) is 0 Å². The minimum Gasteiger partial charge on any atom is -0.309 e. The summed E-state index contributed by atoms with van der Waals surface area (Å²) >= 11 is 0. The van der Waals surface area contributed by atoms with Gasteiger partial charge in [0.25, 0.3) is 0 Å². The summed E-state index contributed by atoms with van der Waals surface area (Å²) in [6.07, 6.45) is 2.67. The summed E-state index contributed by atoms with van der Waals surface area (Å²) in [5, 5.41) is 3.49. The zero-order valence-electron chi connectivity index (χ0n) is 5.99. The number of hydrogen-bond acceptors (Lipinski definition) is 1. The zero-order chi connectivity index (χ0) is 6.20. The minimum absolute atomic E-state index is 0.416. The Bertz CT molecular complexity index is 86.4. The van der Waals surface area contributed by atoms with E-state index in [9.17, 15) is 0 Å². The van der Waals surface area contributed by atoms with Crippen LogP contribution in [0, 0.1) is 0 Å². The molecule has 1 heteroatoms. The Labute approximate surface area is 51.5 Å². The van der Waals surface area contributed by atoms with Gasteiger partial charge in [-0.2, -0.15) is 0 Å². The maximum absolute atomic E-state index is 3.49. The minimum atomic E-state index is 0.416. The van der Waals surface area contributed by atoms with Crippen molar-refractivity contribution in [2.75, 3.05) is 0 Å². The van der Waals surface area contributed by atoms with E-state index in [0.717, 1.165) is 6.04 Å². The SMILES string of the molecule is C[C@@H]1CCC(C)(C)N1. The molecule has 0 saturated carbocycles. The molecule has 1 rings (SSSR count). The third-order valence-corrected chi connectivity index (χ3v) is 1.84. The summed E-state index contributed by atoms with van der Waals surface area (Å²) < 4.78 is 0. The van der Waals surface area contributed by atoms with Crippen molar-refractivity contribution >= 4 is 0 Å². The zero-order valence-corrected chi connectivity index (χ0v) is 5.99. The topological polar surface area (TPSA) is 12.0 Å². The van der Waals surface area contributed by atoms with Crippen LogP contribution in [0.4, 0.5) is 0 Å². The van der Waals surface area contributed by atoms with E-state index in [4.69, 9.17) is 0 Å². The van der Waals surface area contributed by atoms with Crippen molar-refractivity contribution in [3.8, 4) is 0 Å². The molecule has 1 nitrogen and oxygen atoms in total. The summed E-state index contributed by atoms with van der Waals surface area (Å²) in [6.45, 7) is 6.77. The number of rotatable bonds is 0. The van der Waals surface area contributed by atoms with Gasteiger partial charge >= 0.3 is 0 Å². The highest BCUT2D eigenvalue weighted by molar-refractivity contribution is 4.88. The maximum atomic E-state index is 3.49. The maximum Gasteiger partial charge on any atom is 0.0128 e. The molecule has 0 aromatic heterocycles. The summed E-state index contributed by atoms with van der Waals surface area (Å²) in [7, 11) is 0. The Morgan fingerprint density at radius 3 is 2.25 bits per heavy atom. The van der Waals surface area contributed by atoms with Crippen LogP contribution in [0.3, 0.4) is 0 Å². The standard InChI is InChI=1S/C7H15N/c1-6-4-5-7(2,3)8-6/h6,8H,4-5H2,1-3H3/t6-/m1/s1. The van der Waals surface area contributed by atoms with Gasteiger partial charge in [0, 0.05) is 11.6 Å². The molecule has 1 aliphatic heterocycles. The largest absolute Gasteiger partial charge is 0.309 e. The molecular formula is C7H15N. The van der Waals surface area contributed by atoms with Crippen LogP contribution in [0.15, 0.2) is 0 Å². The van der Waals surface area contributed by atoms with Crippen LogP contribution in [-0.2, 0) is 0 Å². The molecule has 0 spiro atoms. The van der Waals surface area contributed by atoms with E-state index < -0.39 is 0 Å². The van der Waals surface area contributed by atoms with E-state index in [-0.39, 0.29) is 0 Å². The molecule has 1 fully saturated rings. The number of nitrogens with one attached hydrogen (secondary N) is 1. The van der Waals surface area contributed by atoms with Crippen molar-refractivity contribution in [2.45, 2.75) is 45.2 Å². The van der Waals surface area contributed by atoms with Crippen LogP contribution >= 0.6 is 0 Å². The summed E-state index contributed by atoms with van der Waals surface area (Å²) in [5.74, 6) is 0. The molecule has 1 saturated heterocycles. The van der Waals surface area contributed by atoms with Crippen LogP contribution in [-0.4, -0.2) is 11.6 Å². The molecule has 0 radical (unpaired) electrons. The molecule has 0 bridgehead atoms. The van der Waals surface area contributed by atoms with Crippen LogP contribution in [0.2, 0.25) is 0 Å². The highest BCUT2D eigenvalue weighted by Crippen LogP contribution is 2.21. The second-order valence-electron chi connectivity index (χ2n) is 3.47. The van der Waals surface area contributed by atoms with E-state index >= 15 is 0 Å². The van der Waals surface area contributed by atoms with Crippen molar-refractivity contribution < 1.29 is 0 Å². The summed E-state index contributed by atoms with van der Waals surface area (Å²) in [6, 6.07) is 0.741. The van der Waals surface area contributed by atoms with Gasteiger partial charge in [-0.1, -0.05) is 0 Å². The quantitative estimate of drug-likeness (QED) is 0.502. The fourth-order valence-corrected chi connectivity index (χ4v) is 1.39. The van der Waals surface area contributed by atoms with Crippen LogP contribution in [0.1, 0.15) is 33.6 Å². The van der Waals surface area contributed by atoms with Gasteiger partial charge in [0.05, 0.1) is 0 Å². The molecule has 0 aliphatic carbocycles. The first kappa shape index (κ1) is 6.09. The average Bonchev–Trinajstić information content (AvgIpc) is 1.82. The van der Waals surface area contributed by atoms with Gasteiger partial charge in [-0.05, 0) is 33.6 Å². The van der Waals surface area contributed by atoms with E-state index in [1.54, 1.807) is 0 Å². The number of hydrogen-bond donors (Lipinski definition) is 1. The molecule has 0 aromatic carbocycles. The first-order valence-corrected chi connectivity index (χ1v) is 3.38. The first-order valence-electron chi connectivity index (χ1n) is 3.38. The van der Waals surface area contributed by atoms with Crippen LogP contribution in [0.5, 0.6) is 0 Å². The molecule has 0 aromatic rings. The lowest BCUT2D eigenvalue weighted by Crippen LogP contribution is -2.35. The van der Waals surface area contributed by atoms with Crippen LogP contribution < -0.4 is 5.32 Å². The molecule has 1 N–H and O–H groups in total. The molecule has 0 amide bonds. The second-order valence-corrected chi connectivity index (χ2v) is 3.47. The molecule has 1 heterocycles. The first-order chi connectivity index (χ1) is 3.60. The Kier molecular flexibility index (Phi) is 1.31. The van der Waals surface area contributed by atoms with Gasteiger partial charge in [-0.3, -0.25) is 0 Å². The van der Waals surface area contributed by atoms with Crippen molar-refractivity contribution in [1.29, 1.82) is 0 Å². The Hall–Kier alpha value is -0.0400. The second kappa shape index (κ2) is 1.73. The normalized spacial score (nSPS) is 35.6. The molecule has 48 valence electrons. The van der Waals surface area contributed by atoms with Crippen molar-refractivity contribution in [3.63, 3.8) is 0 Å². The van der Waals surface area contributed by atoms with E-state index in [1.165, 1.54) is 12.8 Å². The predicted molar refractivity (Wildman–Crippen MR) is 35.9 cm³/mol. The molecule has 1 atom stereocenters. The summed E-state index contributed by atoms with van der Waals surface area (Å²) in [5.41, 5.74) is 0.416. The van der Waals surface area contributed by atoms with E-state index in [1.807, 2.05) is 0 Å². The molecule has 1 aliphatic rings. The smallest absolute Gasteiger partial charge is 0.0128 e. The lowest BCUT2D eigenvalue weighted by molar-refractivity contribution is 0.437. The third kappa shape index (κ3) is 1.22. The van der Waals surface area contributed by atoms with E-state index in [2.05, 4.69) is 26.1 Å². The fraction of sp³-hybridized carbons (Fsp3) is 1.00. The Morgan fingerprint density at radius 1 is 1.50 bits per heavy atom. The van der Waals surface area contributed by atoms with Gasteiger partial charge in [0.15, 0.2) is 0 Å². The Balaban J connectivity index is 2.44. The molecule has 0 unspecified atom stereocenters. The summed E-state index contributed by atoms with van der Waals surface area (Å²) in [4.78, 5) is 0.